The van der Waals surface area contributed by atoms with E-state index in [0.29, 0.717) is 48.6 Å². The molecule has 2 fully saturated rings. The Labute approximate surface area is 239 Å². The quantitative estimate of drug-likeness (QED) is 0.454. The Bertz CT molecular complexity index is 1500. The van der Waals surface area contributed by atoms with Gasteiger partial charge in [0.1, 0.15) is 23.1 Å². The first-order chi connectivity index (χ1) is 20.0. The highest BCUT2D eigenvalue weighted by atomic mass is 16.5. The van der Waals surface area contributed by atoms with Gasteiger partial charge in [0.25, 0.3) is 0 Å². The van der Waals surface area contributed by atoms with Crippen molar-refractivity contribution < 1.29 is 24.4 Å². The zero-order valence-corrected chi connectivity index (χ0v) is 22.9. The van der Waals surface area contributed by atoms with Gasteiger partial charge >= 0.3 is 0 Å². The third-order valence-corrected chi connectivity index (χ3v) is 9.07. The van der Waals surface area contributed by atoms with Crippen LogP contribution >= 0.6 is 0 Å². The summed E-state index contributed by atoms with van der Waals surface area (Å²) in [4.78, 5) is 6.73. The van der Waals surface area contributed by atoms with E-state index < -0.39 is 29.0 Å². The first kappa shape index (κ1) is 27.2. The third-order valence-electron chi connectivity index (χ3n) is 9.07. The van der Waals surface area contributed by atoms with Crippen LogP contribution in [0.4, 0.5) is 0 Å². The van der Waals surface area contributed by atoms with Crippen LogP contribution in [0.3, 0.4) is 0 Å². The maximum atomic E-state index is 13.4. The number of hydrogen-bond donors (Lipinski definition) is 2. The fraction of sp³-hybridized carbons (Fsp3) is 0.406. The molecule has 1 saturated carbocycles. The molecule has 9 heteroatoms. The summed E-state index contributed by atoms with van der Waals surface area (Å²) in [6.07, 6.45) is 0.565. The van der Waals surface area contributed by atoms with Crippen molar-refractivity contribution in [1.82, 2.24) is 9.88 Å². The molecule has 3 aliphatic rings. The number of aromatic nitrogens is 1. The first-order valence-electron chi connectivity index (χ1n) is 13.9. The highest BCUT2D eigenvalue weighted by Gasteiger charge is 2.76. The van der Waals surface area contributed by atoms with E-state index in [1.165, 1.54) is 7.11 Å². The molecule has 41 heavy (non-hydrogen) atoms. The second-order valence-corrected chi connectivity index (χ2v) is 10.9. The van der Waals surface area contributed by atoms with E-state index in [4.69, 9.17) is 14.2 Å². The van der Waals surface area contributed by atoms with Gasteiger partial charge in [-0.1, -0.05) is 42.5 Å². The predicted molar refractivity (Wildman–Crippen MR) is 148 cm³/mol. The van der Waals surface area contributed by atoms with Gasteiger partial charge < -0.3 is 24.4 Å². The largest absolute Gasteiger partial charge is 0.481 e. The van der Waals surface area contributed by atoms with Crippen LogP contribution in [-0.2, 0) is 15.9 Å². The van der Waals surface area contributed by atoms with Crippen LogP contribution in [0.1, 0.15) is 40.3 Å². The average Bonchev–Trinajstić information content (AvgIpc) is 3.41. The van der Waals surface area contributed by atoms with Gasteiger partial charge in [0.05, 0.1) is 37.5 Å². The molecule has 3 heterocycles. The van der Waals surface area contributed by atoms with Gasteiger partial charge in [-0.05, 0) is 42.1 Å². The van der Waals surface area contributed by atoms with Crippen molar-refractivity contribution in [3.63, 3.8) is 0 Å². The van der Waals surface area contributed by atoms with Crippen molar-refractivity contribution >= 4 is 0 Å². The number of morpholine rings is 1. The normalized spacial score (nSPS) is 28.7. The van der Waals surface area contributed by atoms with Crippen molar-refractivity contribution in [2.24, 2.45) is 11.8 Å². The lowest BCUT2D eigenvalue weighted by Crippen LogP contribution is -2.51. The smallest absolute Gasteiger partial charge is 0.224 e. The minimum atomic E-state index is -1.69. The molecule has 5 atom stereocenters. The Hall–Kier alpha value is -3.99. The highest BCUT2D eigenvalue weighted by molar-refractivity contribution is 5.60. The molecule has 1 saturated heterocycles. The van der Waals surface area contributed by atoms with E-state index in [1.54, 1.807) is 18.2 Å². The average molecular weight is 553 g/mol. The molecule has 0 radical (unpaired) electrons. The lowest BCUT2D eigenvalue weighted by atomic mass is 9.69. The monoisotopic (exact) mass is 552 g/mol. The number of aliphatic hydroxyl groups is 2. The molecule has 2 aliphatic heterocycles. The maximum Gasteiger partial charge on any atom is 0.224 e. The van der Waals surface area contributed by atoms with E-state index in [-0.39, 0.29) is 18.2 Å². The van der Waals surface area contributed by atoms with Crippen LogP contribution in [0, 0.1) is 34.5 Å². The third kappa shape index (κ3) is 4.08. The standard InChI is InChI=1S/C32H32N4O5/c1-39-30-29-27(17-24(19-34)35-30)41-32(23-9-7-21(18-33)8-10-23)28(22-5-3-2-4-6-22)25(20-37)26(31(29,32)38)11-12-36-13-15-40-16-14-36/h2-10,17,25-26,28,37-38H,11-16,20H2,1H3/t25-,26-,28+,31+,32-/m0/s1. The Morgan fingerprint density at radius 2 is 1.80 bits per heavy atom. The van der Waals surface area contributed by atoms with Gasteiger partial charge in [0, 0.05) is 37.6 Å². The first-order valence-corrected chi connectivity index (χ1v) is 13.9. The lowest BCUT2D eigenvalue weighted by Gasteiger charge is -2.42. The fourth-order valence-corrected chi connectivity index (χ4v) is 7.37. The number of aliphatic hydroxyl groups excluding tert-OH is 1. The molecule has 0 unspecified atom stereocenters. The van der Waals surface area contributed by atoms with Crippen LogP contribution in [0.2, 0.25) is 0 Å². The maximum absolute atomic E-state index is 13.4. The van der Waals surface area contributed by atoms with Gasteiger partial charge in [-0.2, -0.15) is 10.5 Å². The van der Waals surface area contributed by atoms with Crippen molar-refractivity contribution in [2.75, 3.05) is 46.6 Å². The molecule has 2 aromatic carbocycles. The second kappa shape index (κ2) is 10.8. The van der Waals surface area contributed by atoms with E-state index in [1.807, 2.05) is 42.5 Å². The van der Waals surface area contributed by atoms with Crippen LogP contribution in [-0.4, -0.2) is 66.7 Å². The van der Waals surface area contributed by atoms with E-state index in [2.05, 4.69) is 22.0 Å². The van der Waals surface area contributed by atoms with Gasteiger partial charge in [-0.15, -0.1) is 0 Å². The summed E-state index contributed by atoms with van der Waals surface area (Å²) in [6.45, 7) is 3.40. The summed E-state index contributed by atoms with van der Waals surface area (Å²) < 4.78 is 18.2. The number of ether oxygens (including phenoxy) is 3. The Morgan fingerprint density at radius 1 is 1.07 bits per heavy atom. The lowest BCUT2D eigenvalue weighted by molar-refractivity contribution is -0.131. The molecule has 0 spiro atoms. The van der Waals surface area contributed by atoms with Crippen molar-refractivity contribution in [1.29, 1.82) is 10.5 Å². The van der Waals surface area contributed by atoms with Crippen LogP contribution in [0.25, 0.3) is 0 Å². The molecule has 1 aromatic heterocycles. The SMILES string of the molecule is COc1nc(C#N)cc2c1[C@]1(O)[C@@H](CCN3CCOCC3)[C@H](CO)[C@@H](c3ccccc3)[C@]1(c1ccc(C#N)cc1)O2. The Kier molecular flexibility index (Phi) is 7.14. The number of methoxy groups -OCH3 is 1. The molecular weight excluding hydrogens is 520 g/mol. The van der Waals surface area contributed by atoms with Gasteiger partial charge in [-0.3, -0.25) is 4.90 Å². The van der Waals surface area contributed by atoms with Gasteiger partial charge in [-0.25, -0.2) is 4.98 Å². The second-order valence-electron chi connectivity index (χ2n) is 10.9. The van der Waals surface area contributed by atoms with E-state index in [9.17, 15) is 20.7 Å². The molecule has 9 nitrogen and oxygen atoms in total. The van der Waals surface area contributed by atoms with Crippen LogP contribution < -0.4 is 9.47 Å². The summed E-state index contributed by atoms with van der Waals surface area (Å²) in [5.74, 6) is -0.898. The molecule has 1 aliphatic carbocycles. The molecular formula is C32H32N4O5. The Balaban J connectivity index is 1.62. The number of nitriles is 2. The molecule has 6 rings (SSSR count). The summed E-state index contributed by atoms with van der Waals surface area (Å²) >= 11 is 0. The fourth-order valence-electron chi connectivity index (χ4n) is 7.37. The molecule has 210 valence electrons. The highest BCUT2D eigenvalue weighted by Crippen LogP contribution is 2.72. The molecule has 0 amide bonds. The summed E-state index contributed by atoms with van der Waals surface area (Å²) in [5, 5.41) is 43.6. The zero-order valence-electron chi connectivity index (χ0n) is 22.9. The summed E-state index contributed by atoms with van der Waals surface area (Å²) in [5.41, 5.74) is -0.557. The van der Waals surface area contributed by atoms with Crippen molar-refractivity contribution in [3.8, 4) is 23.8 Å². The topological polar surface area (TPSA) is 132 Å². The van der Waals surface area contributed by atoms with Crippen molar-refractivity contribution in [2.45, 2.75) is 23.5 Å². The number of nitrogens with zero attached hydrogens (tertiary/aromatic N) is 4. The van der Waals surface area contributed by atoms with E-state index in [0.717, 1.165) is 18.7 Å². The Morgan fingerprint density at radius 3 is 2.44 bits per heavy atom. The molecule has 3 aromatic rings. The van der Waals surface area contributed by atoms with Crippen LogP contribution in [0.5, 0.6) is 11.6 Å². The number of rotatable bonds is 7. The predicted octanol–water partition coefficient (Wildman–Crippen LogP) is 3.05. The minimum absolute atomic E-state index is 0.110. The summed E-state index contributed by atoms with van der Waals surface area (Å²) in [7, 11) is 1.46. The van der Waals surface area contributed by atoms with E-state index >= 15 is 0 Å². The van der Waals surface area contributed by atoms with Gasteiger partial charge in [0.2, 0.25) is 5.88 Å². The number of fused-ring (bicyclic) bond motifs is 3. The zero-order chi connectivity index (χ0) is 28.6. The number of hydrogen-bond acceptors (Lipinski definition) is 9. The summed E-state index contributed by atoms with van der Waals surface area (Å²) in [6, 6.07) is 22.6. The molecule has 2 N–H and O–H groups in total. The van der Waals surface area contributed by atoms with Crippen LogP contribution in [0.15, 0.2) is 60.7 Å². The minimum Gasteiger partial charge on any atom is -0.481 e. The van der Waals surface area contributed by atoms with Gasteiger partial charge in [0.15, 0.2) is 5.60 Å². The number of benzene rings is 2. The number of pyridine rings is 1. The van der Waals surface area contributed by atoms with Crippen molar-refractivity contribution in [3.05, 3.63) is 88.6 Å². The molecule has 0 bridgehead atoms.